The summed E-state index contributed by atoms with van der Waals surface area (Å²) >= 11 is 0. The molecule has 0 saturated carbocycles. The van der Waals surface area contributed by atoms with Crippen molar-refractivity contribution < 1.29 is 5.11 Å². The van der Waals surface area contributed by atoms with Crippen LogP contribution in [0.25, 0.3) is 0 Å². The van der Waals surface area contributed by atoms with Gasteiger partial charge in [0.25, 0.3) is 0 Å². The van der Waals surface area contributed by atoms with Gasteiger partial charge in [-0.05, 0) is 44.8 Å². The van der Waals surface area contributed by atoms with Gasteiger partial charge >= 0.3 is 0 Å². The minimum absolute atomic E-state index is 0.472. The highest BCUT2D eigenvalue weighted by Gasteiger charge is 2.20. The van der Waals surface area contributed by atoms with Crippen molar-refractivity contribution in [2.45, 2.75) is 38.5 Å². The summed E-state index contributed by atoms with van der Waals surface area (Å²) in [7, 11) is 3.79. The van der Waals surface area contributed by atoms with E-state index in [1.807, 2.05) is 7.05 Å². The molecular weight excluding hydrogens is 176 g/mol. The molecule has 0 aromatic heterocycles. The van der Waals surface area contributed by atoms with Crippen molar-refractivity contribution in [2.24, 2.45) is 5.92 Å². The fraction of sp³-hybridized carbons (Fsp3) is 0.818. The Balaban J connectivity index is 2.66. The van der Waals surface area contributed by atoms with Gasteiger partial charge in [0.15, 0.2) is 0 Å². The molecule has 3 atom stereocenters. The fourth-order valence-corrected chi connectivity index (χ4v) is 2.03. The Kier molecular flexibility index (Phi) is 4.58. The first kappa shape index (κ1) is 11.7. The molecule has 0 saturated heterocycles. The van der Waals surface area contributed by atoms with E-state index < -0.39 is 6.23 Å². The smallest absolute Gasteiger partial charge is 0.127 e. The molecule has 0 aromatic carbocycles. The lowest BCUT2D eigenvalue weighted by molar-refractivity contribution is 0.170. The maximum absolute atomic E-state index is 9.74. The summed E-state index contributed by atoms with van der Waals surface area (Å²) in [4.78, 5) is 0. The molecule has 0 aromatic rings. The molecule has 0 heterocycles. The average molecular weight is 198 g/mol. The summed E-state index contributed by atoms with van der Waals surface area (Å²) in [5.74, 6) is 0.482. The van der Waals surface area contributed by atoms with Crippen molar-refractivity contribution in [2.75, 3.05) is 14.1 Å². The van der Waals surface area contributed by atoms with Gasteiger partial charge in [-0.2, -0.15) is 0 Å². The van der Waals surface area contributed by atoms with E-state index in [1.165, 1.54) is 6.42 Å². The molecule has 0 spiro atoms. The molecule has 0 bridgehead atoms. The van der Waals surface area contributed by atoms with E-state index in [1.54, 1.807) is 7.05 Å². The zero-order chi connectivity index (χ0) is 10.6. The molecule has 0 radical (unpaired) electrons. The van der Waals surface area contributed by atoms with Crippen LogP contribution in [0.15, 0.2) is 11.6 Å². The van der Waals surface area contributed by atoms with Crippen molar-refractivity contribution in [3.05, 3.63) is 11.6 Å². The van der Waals surface area contributed by atoms with Gasteiger partial charge in [-0.1, -0.05) is 13.0 Å². The maximum atomic E-state index is 9.74. The van der Waals surface area contributed by atoms with E-state index in [0.29, 0.717) is 12.0 Å². The second kappa shape index (κ2) is 5.49. The molecule has 0 fully saturated rings. The molecule has 1 aliphatic rings. The van der Waals surface area contributed by atoms with Crippen LogP contribution < -0.4 is 10.6 Å². The number of aliphatic hydroxyl groups is 1. The third-order valence-electron chi connectivity index (χ3n) is 3.15. The molecule has 3 nitrogen and oxygen atoms in total. The van der Waals surface area contributed by atoms with Crippen molar-refractivity contribution >= 4 is 0 Å². The van der Waals surface area contributed by atoms with Gasteiger partial charge in [-0.3, -0.25) is 5.32 Å². The standard InChI is InChI=1S/C11H22N2O/c1-8-4-5-9(12-2)6-7-10(8)11(14)13-3/h7-9,11-14H,4-6H2,1-3H3. The van der Waals surface area contributed by atoms with Gasteiger partial charge in [-0.15, -0.1) is 0 Å². The van der Waals surface area contributed by atoms with Gasteiger partial charge < -0.3 is 10.4 Å². The van der Waals surface area contributed by atoms with Gasteiger partial charge in [0, 0.05) is 6.04 Å². The molecule has 0 amide bonds. The van der Waals surface area contributed by atoms with E-state index in [-0.39, 0.29) is 0 Å². The normalized spacial score (nSPS) is 30.7. The number of rotatable bonds is 3. The van der Waals surface area contributed by atoms with Gasteiger partial charge in [0.2, 0.25) is 0 Å². The first-order valence-corrected chi connectivity index (χ1v) is 5.41. The van der Waals surface area contributed by atoms with Crippen LogP contribution in [-0.4, -0.2) is 31.5 Å². The number of likely N-dealkylation sites (N-methyl/N-ethyl adjacent to an activating group) is 1. The Morgan fingerprint density at radius 3 is 2.71 bits per heavy atom. The summed E-state index contributed by atoms with van der Waals surface area (Å²) in [6.45, 7) is 2.18. The second-order valence-electron chi connectivity index (χ2n) is 4.10. The van der Waals surface area contributed by atoms with Crippen LogP contribution in [0.5, 0.6) is 0 Å². The summed E-state index contributed by atoms with van der Waals surface area (Å²) < 4.78 is 0. The Labute approximate surface area is 86.6 Å². The van der Waals surface area contributed by atoms with E-state index in [4.69, 9.17) is 0 Å². The summed E-state index contributed by atoms with van der Waals surface area (Å²) in [6, 6.07) is 0.569. The van der Waals surface area contributed by atoms with Crippen molar-refractivity contribution in [3.8, 4) is 0 Å². The molecule has 3 heteroatoms. The van der Waals surface area contributed by atoms with E-state index in [0.717, 1.165) is 18.4 Å². The average Bonchev–Trinajstić information content (AvgIpc) is 2.39. The quantitative estimate of drug-likeness (QED) is 0.465. The summed E-state index contributed by atoms with van der Waals surface area (Å²) in [6.07, 6.45) is 5.07. The Morgan fingerprint density at radius 1 is 1.43 bits per heavy atom. The highest BCUT2D eigenvalue weighted by molar-refractivity contribution is 5.13. The highest BCUT2D eigenvalue weighted by Crippen LogP contribution is 2.25. The Morgan fingerprint density at radius 2 is 2.14 bits per heavy atom. The zero-order valence-electron chi connectivity index (χ0n) is 9.38. The lowest BCUT2D eigenvalue weighted by Gasteiger charge is -2.19. The lowest BCUT2D eigenvalue weighted by atomic mass is 9.96. The van der Waals surface area contributed by atoms with Crippen molar-refractivity contribution in [1.82, 2.24) is 10.6 Å². The molecule has 82 valence electrons. The fourth-order valence-electron chi connectivity index (χ4n) is 2.03. The minimum atomic E-state index is -0.472. The van der Waals surface area contributed by atoms with Crippen LogP contribution in [0.3, 0.4) is 0 Å². The van der Waals surface area contributed by atoms with Crippen LogP contribution in [0.1, 0.15) is 26.2 Å². The van der Waals surface area contributed by atoms with Gasteiger partial charge in [0.05, 0.1) is 0 Å². The Bertz CT molecular complexity index is 203. The maximum Gasteiger partial charge on any atom is 0.127 e. The predicted molar refractivity (Wildman–Crippen MR) is 59.0 cm³/mol. The second-order valence-corrected chi connectivity index (χ2v) is 4.10. The van der Waals surface area contributed by atoms with Crippen LogP contribution in [0, 0.1) is 5.92 Å². The number of hydrogen-bond acceptors (Lipinski definition) is 3. The molecule has 0 aliphatic heterocycles. The van der Waals surface area contributed by atoms with Crippen molar-refractivity contribution in [3.63, 3.8) is 0 Å². The van der Waals surface area contributed by atoms with Crippen LogP contribution in [-0.2, 0) is 0 Å². The third kappa shape index (κ3) is 2.80. The van der Waals surface area contributed by atoms with Crippen LogP contribution >= 0.6 is 0 Å². The topological polar surface area (TPSA) is 44.3 Å². The van der Waals surface area contributed by atoms with Gasteiger partial charge in [-0.25, -0.2) is 0 Å². The van der Waals surface area contributed by atoms with E-state index in [2.05, 4.69) is 23.6 Å². The first-order chi connectivity index (χ1) is 6.69. The SMILES string of the molecule is CNC1CC=C(C(O)NC)C(C)CC1. The lowest BCUT2D eigenvalue weighted by Crippen LogP contribution is -2.29. The van der Waals surface area contributed by atoms with Gasteiger partial charge in [0.1, 0.15) is 6.23 Å². The summed E-state index contributed by atoms with van der Waals surface area (Å²) in [5, 5.41) is 15.9. The van der Waals surface area contributed by atoms with Crippen LogP contribution in [0.4, 0.5) is 0 Å². The summed E-state index contributed by atoms with van der Waals surface area (Å²) in [5.41, 5.74) is 1.14. The van der Waals surface area contributed by atoms with Crippen molar-refractivity contribution in [1.29, 1.82) is 0 Å². The number of hydrogen-bond donors (Lipinski definition) is 3. The first-order valence-electron chi connectivity index (χ1n) is 5.41. The number of nitrogens with one attached hydrogen (secondary N) is 2. The highest BCUT2D eigenvalue weighted by atomic mass is 16.3. The Hall–Kier alpha value is -0.380. The predicted octanol–water partition coefficient (Wildman–Crippen LogP) is 0.859. The van der Waals surface area contributed by atoms with Crippen LogP contribution in [0.2, 0.25) is 0 Å². The van der Waals surface area contributed by atoms with E-state index in [9.17, 15) is 5.11 Å². The molecule has 1 rings (SSSR count). The molecule has 3 N–H and O–H groups in total. The van der Waals surface area contributed by atoms with E-state index >= 15 is 0 Å². The molecule has 3 unspecified atom stereocenters. The zero-order valence-corrected chi connectivity index (χ0v) is 9.38. The third-order valence-corrected chi connectivity index (χ3v) is 3.15. The minimum Gasteiger partial charge on any atom is -0.375 e. The molecule has 1 aliphatic carbocycles. The largest absolute Gasteiger partial charge is 0.375 e. The molecular formula is C11H22N2O. The molecule has 14 heavy (non-hydrogen) atoms. The number of aliphatic hydroxyl groups excluding tert-OH is 1. The monoisotopic (exact) mass is 198 g/mol.